The van der Waals surface area contributed by atoms with Gasteiger partial charge in [0.2, 0.25) is 5.82 Å². The molecule has 0 radical (unpaired) electrons. The first-order valence-electron chi connectivity index (χ1n) is 7.38. The molecular weight excluding hydrogens is 280 g/mol. The fourth-order valence-electron chi connectivity index (χ4n) is 3.04. The summed E-state index contributed by atoms with van der Waals surface area (Å²) in [7, 11) is 0. The largest absolute Gasteiger partial charge is 0.473 e. The Hall–Kier alpha value is -2.63. The summed E-state index contributed by atoms with van der Waals surface area (Å²) in [5.41, 5.74) is 1.25. The van der Waals surface area contributed by atoms with Gasteiger partial charge in [-0.3, -0.25) is 15.0 Å². The molecule has 0 fully saturated rings. The van der Waals surface area contributed by atoms with Crippen molar-refractivity contribution in [3.8, 4) is 5.75 Å². The van der Waals surface area contributed by atoms with Crippen molar-refractivity contribution < 1.29 is 14.1 Å². The third-order valence-electron chi connectivity index (χ3n) is 4.05. The number of nitrogens with zero attached hydrogens (tertiary/aromatic N) is 3. The van der Waals surface area contributed by atoms with Crippen molar-refractivity contribution >= 4 is 17.5 Å². The van der Waals surface area contributed by atoms with Crippen molar-refractivity contribution in [2.24, 2.45) is 0 Å². The zero-order valence-corrected chi connectivity index (χ0v) is 12.4. The lowest BCUT2D eigenvalue weighted by molar-refractivity contribution is -0.680. The van der Waals surface area contributed by atoms with E-state index >= 15 is 0 Å². The molecule has 3 heterocycles. The molecule has 4 rings (SSSR count). The zero-order valence-electron chi connectivity index (χ0n) is 12.4. The van der Waals surface area contributed by atoms with Crippen LogP contribution >= 0.6 is 0 Å². The van der Waals surface area contributed by atoms with Gasteiger partial charge in [0.25, 0.3) is 23.3 Å². The van der Waals surface area contributed by atoms with Gasteiger partial charge in [0.05, 0.1) is 13.1 Å². The molecule has 2 aliphatic heterocycles. The van der Waals surface area contributed by atoms with E-state index in [0.29, 0.717) is 11.6 Å². The van der Waals surface area contributed by atoms with Gasteiger partial charge in [-0.15, -0.1) is 0 Å². The van der Waals surface area contributed by atoms with Crippen LogP contribution in [0.4, 0.5) is 11.6 Å². The monoisotopic (exact) mass is 297 g/mol. The molecule has 1 aromatic heterocycles. The molecule has 1 amide bonds. The molecule has 6 heteroatoms. The summed E-state index contributed by atoms with van der Waals surface area (Å²) in [5.74, 6) is 2.94. The van der Waals surface area contributed by atoms with Crippen LogP contribution in [0.3, 0.4) is 0 Å². The highest BCUT2D eigenvalue weighted by atomic mass is 16.5. The van der Waals surface area contributed by atoms with E-state index in [1.807, 2.05) is 25.1 Å². The number of carbonyl (C=O) groups excluding carboxylic acids is 1. The maximum Gasteiger partial charge on any atom is 0.273 e. The number of rotatable bonds is 2. The highest BCUT2D eigenvalue weighted by Crippen LogP contribution is 2.36. The van der Waals surface area contributed by atoms with Gasteiger partial charge in [-0.2, -0.15) is 0 Å². The van der Waals surface area contributed by atoms with E-state index in [1.165, 1.54) is 5.56 Å². The number of nitrogens with one attached hydrogen (secondary N) is 1. The molecule has 6 nitrogen and oxygen atoms in total. The quantitative estimate of drug-likeness (QED) is 0.841. The molecule has 0 saturated carbocycles. The Balaban J connectivity index is 1.75. The minimum absolute atomic E-state index is 0.0456. The van der Waals surface area contributed by atoms with E-state index in [1.54, 1.807) is 0 Å². The third-order valence-corrected chi connectivity index (χ3v) is 4.05. The Morgan fingerprint density at radius 3 is 3.00 bits per heavy atom. The Morgan fingerprint density at radius 1 is 1.36 bits per heavy atom. The maximum atomic E-state index is 11.5. The van der Waals surface area contributed by atoms with Crippen molar-refractivity contribution in [1.29, 1.82) is 0 Å². The highest BCUT2D eigenvalue weighted by molar-refractivity contribution is 5.95. The van der Waals surface area contributed by atoms with E-state index in [4.69, 9.17) is 4.74 Å². The van der Waals surface area contributed by atoms with E-state index in [0.717, 1.165) is 31.3 Å². The molecule has 2 aromatic rings. The zero-order chi connectivity index (χ0) is 15.1. The van der Waals surface area contributed by atoms with Crippen LogP contribution in [0.2, 0.25) is 0 Å². The van der Waals surface area contributed by atoms with E-state index in [-0.39, 0.29) is 12.5 Å². The summed E-state index contributed by atoms with van der Waals surface area (Å²) in [6, 6.07) is 10.3. The van der Waals surface area contributed by atoms with Crippen molar-refractivity contribution in [1.82, 2.24) is 4.98 Å². The first-order valence-corrected chi connectivity index (χ1v) is 7.38. The van der Waals surface area contributed by atoms with Crippen LogP contribution in [0.15, 0.2) is 30.3 Å². The smallest absolute Gasteiger partial charge is 0.273 e. The molecule has 0 bridgehead atoms. The van der Waals surface area contributed by atoms with Crippen LogP contribution in [0, 0.1) is 6.92 Å². The lowest BCUT2D eigenvalue weighted by atomic mass is 10.2. The number of hydrogen-bond donors (Lipinski definition) is 1. The number of fused-ring (bicyclic) bond motifs is 3. The van der Waals surface area contributed by atoms with Crippen LogP contribution < -0.4 is 19.5 Å². The van der Waals surface area contributed by atoms with Crippen LogP contribution in [-0.2, 0) is 17.9 Å². The van der Waals surface area contributed by atoms with E-state index in [2.05, 4.69) is 31.9 Å². The van der Waals surface area contributed by atoms with Crippen molar-refractivity contribution in [2.75, 3.05) is 23.4 Å². The number of aryl methyl sites for hydroxylation is 1. The molecule has 1 N–H and O–H groups in total. The Kier molecular flexibility index (Phi) is 2.96. The van der Waals surface area contributed by atoms with E-state index in [9.17, 15) is 4.79 Å². The maximum absolute atomic E-state index is 11.5. The molecule has 0 aliphatic carbocycles. The fourth-order valence-corrected chi connectivity index (χ4v) is 3.04. The number of ether oxygens (including phenoxy) is 1. The van der Waals surface area contributed by atoms with Crippen LogP contribution in [0.5, 0.6) is 5.75 Å². The van der Waals surface area contributed by atoms with Crippen LogP contribution in [0.25, 0.3) is 0 Å². The normalized spacial score (nSPS) is 15.9. The third kappa shape index (κ3) is 2.07. The number of aromatic nitrogens is 2. The van der Waals surface area contributed by atoms with Gasteiger partial charge in [0.15, 0.2) is 6.61 Å². The first-order chi connectivity index (χ1) is 10.7. The molecule has 2 aliphatic rings. The predicted octanol–water partition coefficient (Wildman–Crippen LogP) is 1.03. The molecule has 0 spiro atoms. The van der Waals surface area contributed by atoms with Gasteiger partial charge in [-0.1, -0.05) is 35.3 Å². The molecule has 0 saturated heterocycles. The van der Waals surface area contributed by atoms with Crippen molar-refractivity contribution in [2.45, 2.75) is 20.0 Å². The molecule has 0 atom stereocenters. The fraction of sp³-hybridized carbons (Fsp3) is 0.312. The summed E-state index contributed by atoms with van der Waals surface area (Å²) in [6.45, 7) is 4.60. The standard InChI is InChI=1S/C16H16N4O2/c1-11-17-15-14(22-10-13(21)18-15)16-19(7-8-20(11)16)9-12-5-3-2-4-6-12/h2-6H,7-10H2,1H3/p+1. The summed E-state index contributed by atoms with van der Waals surface area (Å²) in [5, 5.41) is 2.80. The predicted molar refractivity (Wildman–Crippen MR) is 80.8 cm³/mol. The van der Waals surface area contributed by atoms with E-state index < -0.39 is 0 Å². The Labute approximate surface area is 128 Å². The second-order valence-electron chi connectivity index (χ2n) is 5.56. The second-order valence-corrected chi connectivity index (χ2v) is 5.56. The summed E-state index contributed by atoms with van der Waals surface area (Å²) in [6.07, 6.45) is 0. The van der Waals surface area contributed by atoms with Gasteiger partial charge in [-0.25, -0.2) is 4.57 Å². The average molecular weight is 297 g/mol. The molecule has 1 aromatic carbocycles. The van der Waals surface area contributed by atoms with Gasteiger partial charge in [-0.05, 0) is 5.56 Å². The number of carbonyl (C=O) groups is 1. The molecule has 112 valence electrons. The minimum Gasteiger partial charge on any atom is -0.473 e. The van der Waals surface area contributed by atoms with Gasteiger partial charge in [0, 0.05) is 6.92 Å². The Bertz CT molecular complexity index is 746. The topological polar surface area (TPSA) is 58.3 Å². The minimum atomic E-state index is -0.156. The second kappa shape index (κ2) is 4.98. The first kappa shape index (κ1) is 13.1. The van der Waals surface area contributed by atoms with Gasteiger partial charge < -0.3 is 4.74 Å². The van der Waals surface area contributed by atoms with Crippen LogP contribution in [0.1, 0.15) is 11.4 Å². The van der Waals surface area contributed by atoms with Crippen molar-refractivity contribution in [3.05, 3.63) is 41.7 Å². The lowest BCUT2D eigenvalue weighted by Crippen LogP contribution is -2.39. The molecule has 0 unspecified atom stereocenters. The van der Waals surface area contributed by atoms with Crippen LogP contribution in [-0.4, -0.2) is 24.0 Å². The highest BCUT2D eigenvalue weighted by Gasteiger charge is 2.37. The Morgan fingerprint density at radius 2 is 2.18 bits per heavy atom. The summed E-state index contributed by atoms with van der Waals surface area (Å²) < 4.78 is 7.82. The van der Waals surface area contributed by atoms with Gasteiger partial charge >= 0.3 is 0 Å². The number of amides is 1. The van der Waals surface area contributed by atoms with Gasteiger partial charge in [0.1, 0.15) is 6.54 Å². The molecule has 22 heavy (non-hydrogen) atoms. The summed E-state index contributed by atoms with van der Waals surface area (Å²) in [4.78, 5) is 18.2. The summed E-state index contributed by atoms with van der Waals surface area (Å²) >= 11 is 0. The SMILES string of the molecule is Cc1nc2c(c3[n+]1CCN3Cc1ccccc1)OCC(=O)N2. The number of anilines is 2. The number of hydrogen-bond acceptors (Lipinski definition) is 4. The number of benzene rings is 1. The lowest BCUT2D eigenvalue weighted by Gasteiger charge is -2.20. The molecular formula is C16H17N4O2+. The average Bonchev–Trinajstić information content (AvgIpc) is 2.93. The van der Waals surface area contributed by atoms with Crippen molar-refractivity contribution in [3.63, 3.8) is 0 Å².